The Kier molecular flexibility index (Phi) is 28.5. The van der Waals surface area contributed by atoms with E-state index in [-0.39, 0.29) is 0 Å². The Morgan fingerprint density at radius 2 is 0.742 bits per heavy atom. The number of unbranched alkanes of at least 4 members (excludes halogenated alkanes) is 6. The molecule has 0 saturated heterocycles. The van der Waals surface area contributed by atoms with E-state index in [1.807, 2.05) is 24.3 Å². The van der Waals surface area contributed by atoms with Gasteiger partial charge in [0.1, 0.15) is 24.7 Å². The fraction of sp³-hybridized carbons (Fsp3) is 0.500. The number of hydrogen-bond acceptors (Lipinski definition) is 6. The molecule has 0 atom stereocenters. The summed E-state index contributed by atoms with van der Waals surface area (Å²) in [6, 6.07) is 47.2. The molecule has 5 aromatic rings. The summed E-state index contributed by atoms with van der Waals surface area (Å²) >= 11 is 0. The highest BCUT2D eigenvalue weighted by atomic mass is 16.5. The molecular formula is C60H88N4O2. The van der Waals surface area contributed by atoms with Crippen LogP contribution in [-0.4, -0.2) is 67.1 Å². The molecule has 1 N–H and O–H groups in total. The Hall–Kier alpha value is -4.46. The number of aryl methyl sites for hydroxylation is 1. The fourth-order valence-electron chi connectivity index (χ4n) is 7.95. The molecule has 0 fully saturated rings. The summed E-state index contributed by atoms with van der Waals surface area (Å²) in [6.45, 7) is 24.7. The second kappa shape index (κ2) is 34.8. The molecule has 360 valence electrons. The topological polar surface area (TPSA) is 40.2 Å². The molecule has 6 heteroatoms. The lowest BCUT2D eigenvalue weighted by atomic mass is 10.0. The van der Waals surface area contributed by atoms with E-state index in [2.05, 4.69) is 164 Å². The summed E-state index contributed by atoms with van der Waals surface area (Å²) in [5, 5.41) is 3.58. The van der Waals surface area contributed by atoms with Gasteiger partial charge in [-0.2, -0.15) is 0 Å². The van der Waals surface area contributed by atoms with Gasteiger partial charge in [-0.1, -0.05) is 182 Å². The first-order chi connectivity index (χ1) is 32.5. The first-order valence-electron chi connectivity index (χ1n) is 26.0. The molecule has 5 aromatic carbocycles. The summed E-state index contributed by atoms with van der Waals surface area (Å²) in [4.78, 5) is 7.90. The molecule has 0 saturated carbocycles. The highest BCUT2D eigenvalue weighted by molar-refractivity contribution is 5.29. The van der Waals surface area contributed by atoms with Crippen molar-refractivity contribution in [2.24, 2.45) is 0 Å². The molecule has 0 amide bonds. The zero-order valence-corrected chi connectivity index (χ0v) is 42.0. The summed E-state index contributed by atoms with van der Waals surface area (Å²) in [5.41, 5.74) is 7.90. The van der Waals surface area contributed by atoms with Crippen LogP contribution in [0, 0.1) is 0 Å². The van der Waals surface area contributed by atoms with Gasteiger partial charge < -0.3 is 24.6 Å². The number of ether oxygens (including phenoxy) is 2. The number of nitrogens with zero attached hydrogens (tertiary/aromatic N) is 3. The van der Waals surface area contributed by atoms with Gasteiger partial charge in [-0.25, -0.2) is 0 Å². The van der Waals surface area contributed by atoms with E-state index in [4.69, 9.17) is 9.47 Å². The number of nitrogens with one attached hydrogen (secondary N) is 1. The van der Waals surface area contributed by atoms with Crippen molar-refractivity contribution in [3.63, 3.8) is 0 Å². The van der Waals surface area contributed by atoms with Gasteiger partial charge in [-0.3, -0.25) is 4.90 Å². The normalized spacial score (nSPS) is 11.3. The molecule has 0 aliphatic heterocycles. The standard InChI is InChI=1S/C36H52N2O.C24H36N2O/c1-4-7-11-14-32-17-19-33(20-18-32)29-38(28-27-37(25-8-5-2)26-9-6-3)30-34-21-23-36(24-22-34)39-31-35-15-12-10-13-16-35;1-3-5-17-26(18-6-4-2)19-16-25-20-22-12-14-24(15-13-22)27-21-23-10-8-7-9-11-23/h10,12-13,15-24H,4-9,11,14,25-31H2,1-3H3;7-15,25H,3-6,16-21H2,1-2H3. The largest absolute Gasteiger partial charge is 0.489 e. The smallest absolute Gasteiger partial charge is 0.119 e. The molecule has 0 aliphatic carbocycles. The van der Waals surface area contributed by atoms with E-state index in [9.17, 15) is 0 Å². The second-order valence-electron chi connectivity index (χ2n) is 18.1. The molecule has 0 aliphatic rings. The monoisotopic (exact) mass is 897 g/mol. The van der Waals surface area contributed by atoms with E-state index in [1.54, 1.807) is 0 Å². The van der Waals surface area contributed by atoms with Crippen molar-refractivity contribution in [3.8, 4) is 11.5 Å². The average molecular weight is 897 g/mol. The Morgan fingerprint density at radius 3 is 1.20 bits per heavy atom. The van der Waals surface area contributed by atoms with Gasteiger partial charge in [-0.15, -0.1) is 0 Å². The minimum atomic E-state index is 0.603. The minimum absolute atomic E-state index is 0.603. The van der Waals surface area contributed by atoms with Gasteiger partial charge in [0.05, 0.1) is 0 Å². The van der Waals surface area contributed by atoms with E-state index >= 15 is 0 Å². The molecular weight excluding hydrogens is 809 g/mol. The van der Waals surface area contributed by atoms with Crippen LogP contribution in [-0.2, 0) is 39.3 Å². The van der Waals surface area contributed by atoms with E-state index in [0.29, 0.717) is 13.2 Å². The molecule has 0 spiro atoms. The van der Waals surface area contributed by atoms with E-state index < -0.39 is 0 Å². The van der Waals surface area contributed by atoms with Crippen LogP contribution in [0.2, 0.25) is 0 Å². The van der Waals surface area contributed by atoms with Gasteiger partial charge in [0, 0.05) is 45.8 Å². The number of hydrogen-bond donors (Lipinski definition) is 1. The fourth-order valence-corrected chi connectivity index (χ4v) is 7.95. The lowest BCUT2D eigenvalue weighted by Crippen LogP contribution is -2.36. The van der Waals surface area contributed by atoms with Gasteiger partial charge in [0.2, 0.25) is 0 Å². The van der Waals surface area contributed by atoms with E-state index in [1.165, 1.54) is 137 Å². The van der Waals surface area contributed by atoms with Gasteiger partial charge in [-0.05, 0) is 122 Å². The van der Waals surface area contributed by atoms with Crippen LogP contribution >= 0.6 is 0 Å². The van der Waals surface area contributed by atoms with Crippen molar-refractivity contribution in [1.29, 1.82) is 0 Å². The quantitative estimate of drug-likeness (QED) is 0.0415. The summed E-state index contributed by atoms with van der Waals surface area (Å²) in [6.07, 6.45) is 15.3. The Morgan fingerprint density at radius 1 is 0.348 bits per heavy atom. The zero-order chi connectivity index (χ0) is 46.7. The Balaban J connectivity index is 0.000000309. The maximum Gasteiger partial charge on any atom is 0.119 e. The molecule has 0 radical (unpaired) electrons. The van der Waals surface area contributed by atoms with Gasteiger partial charge >= 0.3 is 0 Å². The minimum Gasteiger partial charge on any atom is -0.489 e. The Labute approximate surface area is 403 Å². The van der Waals surface area contributed by atoms with Crippen molar-refractivity contribution >= 4 is 0 Å². The van der Waals surface area contributed by atoms with Gasteiger partial charge in [0.25, 0.3) is 0 Å². The summed E-state index contributed by atoms with van der Waals surface area (Å²) in [7, 11) is 0. The average Bonchev–Trinajstić information content (AvgIpc) is 3.36. The van der Waals surface area contributed by atoms with Crippen molar-refractivity contribution in [3.05, 3.63) is 167 Å². The highest BCUT2D eigenvalue weighted by Gasteiger charge is 2.12. The molecule has 66 heavy (non-hydrogen) atoms. The molecule has 5 rings (SSSR count). The molecule has 0 bridgehead atoms. The third kappa shape index (κ3) is 23.8. The third-order valence-corrected chi connectivity index (χ3v) is 12.2. The highest BCUT2D eigenvalue weighted by Crippen LogP contribution is 2.19. The van der Waals surface area contributed by atoms with Crippen LogP contribution in [0.15, 0.2) is 133 Å². The van der Waals surface area contributed by atoms with Gasteiger partial charge in [0.15, 0.2) is 0 Å². The lowest BCUT2D eigenvalue weighted by molar-refractivity contribution is 0.189. The van der Waals surface area contributed by atoms with Crippen LogP contribution in [0.3, 0.4) is 0 Å². The van der Waals surface area contributed by atoms with Crippen molar-refractivity contribution in [2.75, 3.05) is 52.4 Å². The zero-order valence-electron chi connectivity index (χ0n) is 42.0. The van der Waals surface area contributed by atoms with Crippen LogP contribution in [0.1, 0.15) is 139 Å². The maximum atomic E-state index is 6.03. The van der Waals surface area contributed by atoms with Crippen molar-refractivity contribution < 1.29 is 9.47 Å². The van der Waals surface area contributed by atoms with Crippen LogP contribution in [0.5, 0.6) is 11.5 Å². The lowest BCUT2D eigenvalue weighted by Gasteiger charge is -2.28. The van der Waals surface area contributed by atoms with Crippen molar-refractivity contribution in [1.82, 2.24) is 20.0 Å². The van der Waals surface area contributed by atoms with Crippen molar-refractivity contribution in [2.45, 2.75) is 145 Å². The predicted molar refractivity (Wildman–Crippen MR) is 282 cm³/mol. The van der Waals surface area contributed by atoms with Crippen LogP contribution in [0.4, 0.5) is 0 Å². The van der Waals surface area contributed by atoms with E-state index in [0.717, 1.165) is 57.3 Å². The predicted octanol–water partition coefficient (Wildman–Crippen LogP) is 14.2. The SMILES string of the molecule is CCCCCc1ccc(CN(CCN(CCCC)CCCC)Cc2ccc(OCc3ccccc3)cc2)cc1.CCCCN(CCCC)CCNCc1ccc(OCc2ccccc2)cc1. The Bertz CT molecular complexity index is 1850. The molecule has 6 nitrogen and oxygen atoms in total. The molecule has 0 heterocycles. The van der Waals surface area contributed by atoms with Crippen LogP contribution < -0.4 is 14.8 Å². The molecule has 0 aromatic heterocycles. The first kappa shape index (κ1) is 54.1. The number of rotatable bonds is 34. The summed E-state index contributed by atoms with van der Waals surface area (Å²) in [5.74, 6) is 1.85. The summed E-state index contributed by atoms with van der Waals surface area (Å²) < 4.78 is 11.9. The molecule has 0 unspecified atom stereocenters. The second-order valence-corrected chi connectivity index (χ2v) is 18.1. The third-order valence-electron chi connectivity index (χ3n) is 12.2. The van der Waals surface area contributed by atoms with Crippen LogP contribution in [0.25, 0.3) is 0 Å². The maximum absolute atomic E-state index is 6.03. The number of benzene rings is 5. The first-order valence-corrected chi connectivity index (χ1v) is 26.0.